The summed E-state index contributed by atoms with van der Waals surface area (Å²) < 4.78 is 5.16. The van der Waals surface area contributed by atoms with Gasteiger partial charge in [-0.2, -0.15) is 0 Å². The summed E-state index contributed by atoms with van der Waals surface area (Å²) in [5.74, 6) is 0.896. The predicted molar refractivity (Wildman–Crippen MR) is 84.1 cm³/mol. The van der Waals surface area contributed by atoms with Gasteiger partial charge >= 0.3 is 0 Å². The quantitative estimate of drug-likeness (QED) is 0.863. The van der Waals surface area contributed by atoms with Gasteiger partial charge in [0.1, 0.15) is 5.75 Å². The number of hydrogen-bond donors (Lipinski definition) is 1. The average molecular weight is 269 g/mol. The van der Waals surface area contributed by atoms with E-state index < -0.39 is 0 Å². The van der Waals surface area contributed by atoms with Crippen molar-refractivity contribution in [1.29, 1.82) is 0 Å². The van der Waals surface area contributed by atoms with Crippen LogP contribution < -0.4 is 10.5 Å². The van der Waals surface area contributed by atoms with Crippen LogP contribution in [0.2, 0.25) is 0 Å². The van der Waals surface area contributed by atoms with Crippen molar-refractivity contribution >= 4 is 0 Å². The molecule has 0 fully saturated rings. The molecule has 2 aromatic carbocycles. The van der Waals surface area contributed by atoms with Crippen LogP contribution in [0.3, 0.4) is 0 Å². The maximum Gasteiger partial charge on any atom is 0.118 e. The smallest absolute Gasteiger partial charge is 0.118 e. The zero-order valence-electron chi connectivity index (χ0n) is 12.3. The van der Waals surface area contributed by atoms with Crippen molar-refractivity contribution in [2.24, 2.45) is 5.73 Å². The molecule has 2 nitrogen and oxygen atoms in total. The lowest BCUT2D eigenvalue weighted by Crippen LogP contribution is -2.11. The van der Waals surface area contributed by atoms with Crippen LogP contribution in [0.5, 0.6) is 5.75 Å². The lowest BCUT2D eigenvalue weighted by atomic mass is 9.98. The summed E-state index contributed by atoms with van der Waals surface area (Å²) in [6.45, 7) is 2.17. The molecule has 0 radical (unpaired) electrons. The number of methoxy groups -OCH3 is 1. The first-order valence-electron chi connectivity index (χ1n) is 7.20. The van der Waals surface area contributed by atoms with E-state index in [1.165, 1.54) is 16.7 Å². The molecule has 0 saturated heterocycles. The fourth-order valence-electron chi connectivity index (χ4n) is 2.28. The number of ether oxygens (including phenoxy) is 1. The molecule has 2 heteroatoms. The first kappa shape index (κ1) is 14.6. The Morgan fingerprint density at radius 1 is 0.950 bits per heavy atom. The van der Waals surface area contributed by atoms with Crippen LogP contribution in [0, 0.1) is 0 Å². The van der Waals surface area contributed by atoms with Crippen LogP contribution >= 0.6 is 0 Å². The van der Waals surface area contributed by atoms with Crippen LogP contribution in [0.1, 0.15) is 36.1 Å². The van der Waals surface area contributed by atoms with Crippen molar-refractivity contribution in [2.45, 2.75) is 32.2 Å². The minimum atomic E-state index is 0.100. The van der Waals surface area contributed by atoms with Crippen LogP contribution in [-0.2, 0) is 12.8 Å². The molecule has 2 rings (SSSR count). The lowest BCUT2D eigenvalue weighted by molar-refractivity contribution is 0.414. The van der Waals surface area contributed by atoms with E-state index >= 15 is 0 Å². The maximum absolute atomic E-state index is 6.27. The third kappa shape index (κ3) is 3.84. The van der Waals surface area contributed by atoms with E-state index in [0.717, 1.165) is 25.0 Å². The molecule has 0 amide bonds. The van der Waals surface area contributed by atoms with Gasteiger partial charge in [-0.1, -0.05) is 43.3 Å². The molecule has 0 spiro atoms. The van der Waals surface area contributed by atoms with Gasteiger partial charge in [-0.15, -0.1) is 0 Å². The minimum Gasteiger partial charge on any atom is -0.497 e. The number of nitrogens with two attached hydrogens (primary N) is 1. The summed E-state index contributed by atoms with van der Waals surface area (Å²) in [6, 6.07) is 16.9. The van der Waals surface area contributed by atoms with Gasteiger partial charge in [-0.25, -0.2) is 0 Å². The monoisotopic (exact) mass is 269 g/mol. The van der Waals surface area contributed by atoms with Gasteiger partial charge in [0.2, 0.25) is 0 Å². The van der Waals surface area contributed by atoms with Gasteiger partial charge in [0.05, 0.1) is 7.11 Å². The fourth-order valence-corrected chi connectivity index (χ4v) is 2.28. The van der Waals surface area contributed by atoms with Crippen LogP contribution in [0.15, 0.2) is 48.5 Å². The van der Waals surface area contributed by atoms with Crippen LogP contribution in [0.4, 0.5) is 0 Å². The van der Waals surface area contributed by atoms with E-state index in [2.05, 4.69) is 43.3 Å². The molecule has 1 unspecified atom stereocenters. The van der Waals surface area contributed by atoms with Gasteiger partial charge in [-0.05, 0) is 48.1 Å². The molecule has 0 aliphatic rings. The van der Waals surface area contributed by atoms with Crippen molar-refractivity contribution in [3.63, 3.8) is 0 Å². The minimum absolute atomic E-state index is 0.100. The second-order valence-corrected chi connectivity index (χ2v) is 5.09. The van der Waals surface area contributed by atoms with E-state index in [1.54, 1.807) is 7.11 Å². The summed E-state index contributed by atoms with van der Waals surface area (Å²) >= 11 is 0. The van der Waals surface area contributed by atoms with E-state index in [0.29, 0.717) is 0 Å². The van der Waals surface area contributed by atoms with Crippen molar-refractivity contribution in [3.8, 4) is 5.75 Å². The SMILES string of the molecule is CCc1ccc(C(N)CCc2ccc(OC)cc2)cc1. The highest BCUT2D eigenvalue weighted by molar-refractivity contribution is 5.28. The molecule has 0 bridgehead atoms. The second kappa shape index (κ2) is 7.11. The van der Waals surface area contributed by atoms with Crippen molar-refractivity contribution in [3.05, 3.63) is 65.2 Å². The van der Waals surface area contributed by atoms with Gasteiger partial charge in [0.15, 0.2) is 0 Å². The van der Waals surface area contributed by atoms with Crippen LogP contribution in [0.25, 0.3) is 0 Å². The first-order chi connectivity index (χ1) is 9.72. The molecular weight excluding hydrogens is 246 g/mol. The number of benzene rings is 2. The van der Waals surface area contributed by atoms with Crippen molar-refractivity contribution in [1.82, 2.24) is 0 Å². The summed E-state index contributed by atoms with van der Waals surface area (Å²) in [6.07, 6.45) is 3.01. The van der Waals surface area contributed by atoms with E-state index in [4.69, 9.17) is 10.5 Å². The molecule has 2 N–H and O–H groups in total. The highest BCUT2D eigenvalue weighted by atomic mass is 16.5. The molecule has 0 heterocycles. The molecule has 0 aromatic heterocycles. The highest BCUT2D eigenvalue weighted by Gasteiger charge is 2.06. The van der Waals surface area contributed by atoms with Crippen molar-refractivity contribution < 1.29 is 4.74 Å². The maximum atomic E-state index is 6.27. The van der Waals surface area contributed by atoms with Gasteiger partial charge in [0.25, 0.3) is 0 Å². The fraction of sp³-hybridized carbons (Fsp3) is 0.333. The molecular formula is C18H23NO. The summed E-state index contributed by atoms with van der Waals surface area (Å²) in [5, 5.41) is 0. The summed E-state index contributed by atoms with van der Waals surface area (Å²) in [5.41, 5.74) is 10.1. The number of rotatable bonds is 6. The van der Waals surface area contributed by atoms with E-state index in [1.807, 2.05) is 12.1 Å². The van der Waals surface area contributed by atoms with Gasteiger partial charge < -0.3 is 10.5 Å². The third-order valence-corrected chi connectivity index (χ3v) is 3.72. The van der Waals surface area contributed by atoms with Crippen LogP contribution in [-0.4, -0.2) is 7.11 Å². The topological polar surface area (TPSA) is 35.2 Å². The number of aryl methyl sites for hydroxylation is 2. The Labute approximate surface area is 121 Å². The standard InChI is InChI=1S/C18H23NO/c1-3-14-4-9-16(10-5-14)18(19)13-8-15-6-11-17(20-2)12-7-15/h4-7,9-12,18H,3,8,13,19H2,1-2H3. The second-order valence-electron chi connectivity index (χ2n) is 5.09. The molecule has 2 aromatic rings. The molecule has 20 heavy (non-hydrogen) atoms. The van der Waals surface area contributed by atoms with Crippen molar-refractivity contribution in [2.75, 3.05) is 7.11 Å². The Hall–Kier alpha value is -1.80. The Morgan fingerprint density at radius 2 is 1.55 bits per heavy atom. The largest absolute Gasteiger partial charge is 0.497 e. The van der Waals surface area contributed by atoms with Gasteiger partial charge in [0, 0.05) is 6.04 Å². The molecule has 0 aliphatic heterocycles. The van der Waals surface area contributed by atoms with E-state index in [9.17, 15) is 0 Å². The normalized spacial score (nSPS) is 12.2. The molecule has 1 atom stereocenters. The summed E-state index contributed by atoms with van der Waals surface area (Å²) in [4.78, 5) is 0. The predicted octanol–water partition coefficient (Wildman–Crippen LogP) is 3.89. The molecule has 0 aliphatic carbocycles. The Morgan fingerprint density at radius 3 is 2.10 bits per heavy atom. The third-order valence-electron chi connectivity index (χ3n) is 3.72. The van der Waals surface area contributed by atoms with Gasteiger partial charge in [-0.3, -0.25) is 0 Å². The first-order valence-corrected chi connectivity index (χ1v) is 7.20. The zero-order valence-corrected chi connectivity index (χ0v) is 12.3. The Kier molecular flexibility index (Phi) is 5.19. The zero-order chi connectivity index (χ0) is 14.4. The molecule has 106 valence electrons. The Bertz CT molecular complexity index is 516. The average Bonchev–Trinajstić information content (AvgIpc) is 2.53. The lowest BCUT2D eigenvalue weighted by Gasteiger charge is -2.13. The molecule has 0 saturated carbocycles. The summed E-state index contributed by atoms with van der Waals surface area (Å²) in [7, 11) is 1.69. The number of hydrogen-bond acceptors (Lipinski definition) is 2. The highest BCUT2D eigenvalue weighted by Crippen LogP contribution is 2.19. The van der Waals surface area contributed by atoms with E-state index in [-0.39, 0.29) is 6.04 Å². The Balaban J connectivity index is 1.91.